The average molecular weight is 413 g/mol. The number of nitrogens with zero attached hydrogens (tertiary/aromatic N) is 3. The molecular weight excluding hydrogens is 388 g/mol. The number of hydrogen-bond donors (Lipinski definition) is 1. The van der Waals surface area contributed by atoms with Crippen LogP contribution in [0.15, 0.2) is 58.9 Å². The Kier molecular flexibility index (Phi) is 7.06. The van der Waals surface area contributed by atoms with E-state index in [-0.39, 0.29) is 11.9 Å². The van der Waals surface area contributed by atoms with Crippen LogP contribution in [0.4, 0.5) is 16.5 Å². The van der Waals surface area contributed by atoms with Gasteiger partial charge in [-0.15, -0.1) is 10.2 Å². The highest BCUT2D eigenvalue weighted by molar-refractivity contribution is 8.01. The van der Waals surface area contributed by atoms with E-state index in [0.29, 0.717) is 5.75 Å². The first-order valence-corrected chi connectivity index (χ1v) is 11.1. The molecule has 3 rings (SSSR count). The Labute approximate surface area is 174 Å². The second-order valence-electron chi connectivity index (χ2n) is 6.53. The van der Waals surface area contributed by atoms with Gasteiger partial charge in [0.25, 0.3) is 0 Å². The molecule has 1 heterocycles. The number of benzene rings is 2. The highest BCUT2D eigenvalue weighted by Crippen LogP contribution is 2.28. The number of carbonyl (C=O) groups excluding carboxylic acids is 1. The molecule has 0 saturated carbocycles. The van der Waals surface area contributed by atoms with E-state index < -0.39 is 0 Å². The van der Waals surface area contributed by atoms with Gasteiger partial charge in [0.15, 0.2) is 4.34 Å². The Balaban J connectivity index is 1.59. The summed E-state index contributed by atoms with van der Waals surface area (Å²) in [7, 11) is 0. The third-order valence-corrected chi connectivity index (χ3v) is 6.12. The zero-order chi connectivity index (χ0) is 19.9. The number of aryl methyl sites for hydroxylation is 1. The van der Waals surface area contributed by atoms with Crippen LogP contribution in [0.5, 0.6) is 0 Å². The van der Waals surface area contributed by atoms with Crippen molar-refractivity contribution in [3.63, 3.8) is 0 Å². The van der Waals surface area contributed by atoms with Crippen LogP contribution >= 0.6 is 23.1 Å². The van der Waals surface area contributed by atoms with Crippen molar-refractivity contribution in [2.75, 3.05) is 16.0 Å². The summed E-state index contributed by atoms with van der Waals surface area (Å²) in [6, 6.07) is 18.1. The van der Waals surface area contributed by atoms with Crippen molar-refractivity contribution in [3.05, 3.63) is 60.2 Å². The maximum Gasteiger partial charge on any atom is 0.237 e. The van der Waals surface area contributed by atoms with Crippen molar-refractivity contribution >= 4 is 45.5 Å². The van der Waals surface area contributed by atoms with E-state index in [4.69, 9.17) is 0 Å². The van der Waals surface area contributed by atoms with E-state index in [1.54, 1.807) is 0 Å². The van der Waals surface area contributed by atoms with E-state index in [1.165, 1.54) is 28.7 Å². The molecule has 146 valence electrons. The molecule has 1 aromatic heterocycles. The van der Waals surface area contributed by atoms with Gasteiger partial charge in [0.1, 0.15) is 0 Å². The van der Waals surface area contributed by atoms with Crippen molar-refractivity contribution in [1.29, 1.82) is 0 Å². The molecule has 1 amide bonds. The molecule has 2 aromatic carbocycles. The number of nitrogens with one attached hydrogen (secondary N) is 1. The molecule has 28 heavy (non-hydrogen) atoms. The monoisotopic (exact) mass is 412 g/mol. The molecule has 0 aliphatic heterocycles. The second kappa shape index (κ2) is 9.71. The lowest BCUT2D eigenvalue weighted by Crippen LogP contribution is -2.38. The minimum Gasteiger partial charge on any atom is -0.330 e. The predicted octanol–water partition coefficient (Wildman–Crippen LogP) is 5.38. The third-order valence-electron chi connectivity index (χ3n) is 4.16. The summed E-state index contributed by atoms with van der Waals surface area (Å²) >= 11 is 2.87. The molecule has 3 aromatic rings. The highest BCUT2D eigenvalue weighted by atomic mass is 32.2. The van der Waals surface area contributed by atoms with Crippen LogP contribution in [0.25, 0.3) is 0 Å². The van der Waals surface area contributed by atoms with Crippen LogP contribution in [0.2, 0.25) is 0 Å². The molecule has 7 heteroatoms. The predicted molar refractivity (Wildman–Crippen MR) is 119 cm³/mol. The summed E-state index contributed by atoms with van der Waals surface area (Å²) in [4.78, 5) is 14.6. The Hall–Kier alpha value is -2.38. The van der Waals surface area contributed by atoms with Gasteiger partial charge in [0, 0.05) is 17.4 Å². The van der Waals surface area contributed by atoms with Gasteiger partial charge in [-0.2, -0.15) is 0 Å². The van der Waals surface area contributed by atoms with Crippen molar-refractivity contribution in [3.8, 4) is 0 Å². The molecule has 0 aliphatic carbocycles. The average Bonchev–Trinajstić information content (AvgIpc) is 3.15. The maximum absolute atomic E-state index is 12.8. The molecule has 0 radical (unpaired) electrons. The summed E-state index contributed by atoms with van der Waals surface area (Å²) in [5.74, 6) is 0.387. The number of aromatic nitrogens is 2. The van der Waals surface area contributed by atoms with E-state index >= 15 is 0 Å². The van der Waals surface area contributed by atoms with Crippen molar-refractivity contribution in [1.82, 2.24) is 10.2 Å². The van der Waals surface area contributed by atoms with Crippen molar-refractivity contribution < 1.29 is 4.79 Å². The molecule has 0 saturated heterocycles. The summed E-state index contributed by atoms with van der Waals surface area (Å²) in [6.07, 6.45) is 1.02. The first kappa shape index (κ1) is 20.4. The quantitative estimate of drug-likeness (QED) is 0.504. The van der Waals surface area contributed by atoms with E-state index in [0.717, 1.165) is 27.3 Å². The largest absolute Gasteiger partial charge is 0.330 e. The van der Waals surface area contributed by atoms with Crippen LogP contribution in [0.3, 0.4) is 0 Å². The summed E-state index contributed by atoms with van der Waals surface area (Å²) in [5.41, 5.74) is 3.19. The molecule has 1 N–H and O–H groups in total. The lowest BCUT2D eigenvalue weighted by molar-refractivity contribution is -0.116. The summed E-state index contributed by atoms with van der Waals surface area (Å²) in [6.45, 7) is 6.18. The molecule has 0 atom stereocenters. The number of rotatable bonds is 8. The Morgan fingerprint density at radius 3 is 2.46 bits per heavy atom. The number of anilines is 3. The smallest absolute Gasteiger partial charge is 0.237 e. The van der Waals surface area contributed by atoms with Gasteiger partial charge in [-0.3, -0.25) is 4.79 Å². The van der Waals surface area contributed by atoms with Crippen molar-refractivity contribution in [2.24, 2.45) is 0 Å². The molecule has 0 aliphatic rings. The zero-order valence-corrected chi connectivity index (χ0v) is 17.9. The molecule has 5 nitrogen and oxygen atoms in total. The Morgan fingerprint density at radius 2 is 1.82 bits per heavy atom. The second-order valence-corrected chi connectivity index (χ2v) is 8.73. The number of hydrogen-bond acceptors (Lipinski definition) is 6. The molecule has 0 unspecified atom stereocenters. The van der Waals surface area contributed by atoms with Crippen LogP contribution in [0.1, 0.15) is 26.3 Å². The van der Waals surface area contributed by atoms with Gasteiger partial charge in [0.05, 0.1) is 5.75 Å². The topological polar surface area (TPSA) is 58.1 Å². The molecule has 0 spiro atoms. The number of amides is 1. The van der Waals surface area contributed by atoms with Gasteiger partial charge in [-0.25, -0.2) is 0 Å². The summed E-state index contributed by atoms with van der Waals surface area (Å²) in [5, 5.41) is 12.4. The molecular formula is C21H24N4OS2. The maximum atomic E-state index is 12.8. The number of carbonyl (C=O) groups is 1. The normalized spacial score (nSPS) is 10.9. The third kappa shape index (κ3) is 5.33. The minimum atomic E-state index is 0.0612. The molecule has 0 fully saturated rings. The Bertz CT molecular complexity index is 894. The van der Waals surface area contributed by atoms with Crippen molar-refractivity contribution in [2.45, 2.75) is 37.6 Å². The highest BCUT2D eigenvalue weighted by Gasteiger charge is 2.19. The van der Waals surface area contributed by atoms with Gasteiger partial charge >= 0.3 is 0 Å². The first-order valence-electron chi connectivity index (χ1n) is 9.26. The van der Waals surface area contributed by atoms with Gasteiger partial charge in [-0.1, -0.05) is 60.4 Å². The van der Waals surface area contributed by atoms with Gasteiger partial charge < -0.3 is 10.2 Å². The summed E-state index contributed by atoms with van der Waals surface area (Å²) < 4.78 is 0.776. The van der Waals surface area contributed by atoms with Crippen LogP contribution in [0, 0.1) is 0 Å². The lowest BCUT2D eigenvalue weighted by Gasteiger charge is -2.26. The minimum absolute atomic E-state index is 0.0612. The van der Waals surface area contributed by atoms with Crippen LogP contribution in [-0.2, 0) is 11.2 Å². The molecule has 0 bridgehead atoms. The van der Waals surface area contributed by atoms with Gasteiger partial charge in [-0.05, 0) is 50.1 Å². The fourth-order valence-corrected chi connectivity index (χ4v) is 4.41. The fraction of sp³-hybridized carbons (Fsp3) is 0.286. The SMILES string of the molecule is CCc1ccc(Nc2nnc(SCC(=O)N(c3ccccc3)C(C)C)s2)cc1. The Morgan fingerprint density at radius 1 is 1.11 bits per heavy atom. The number of thioether (sulfide) groups is 1. The first-order chi connectivity index (χ1) is 13.6. The lowest BCUT2D eigenvalue weighted by atomic mass is 10.1. The van der Waals surface area contributed by atoms with E-state index in [1.807, 2.05) is 61.2 Å². The van der Waals surface area contributed by atoms with Crippen LogP contribution < -0.4 is 10.2 Å². The standard InChI is InChI=1S/C21H24N4OS2/c1-4-16-10-12-17(13-11-16)22-20-23-24-21(28-20)27-14-19(26)25(15(2)3)18-8-6-5-7-9-18/h5-13,15H,4,14H2,1-3H3,(H,22,23). The zero-order valence-electron chi connectivity index (χ0n) is 16.3. The van der Waals surface area contributed by atoms with Gasteiger partial charge in [0.2, 0.25) is 11.0 Å². The van der Waals surface area contributed by atoms with Crippen LogP contribution in [-0.4, -0.2) is 27.9 Å². The number of para-hydroxylation sites is 1. The fourth-order valence-electron chi connectivity index (χ4n) is 2.78. The van der Waals surface area contributed by atoms with E-state index in [9.17, 15) is 4.79 Å². The van der Waals surface area contributed by atoms with E-state index in [2.05, 4.69) is 34.6 Å².